The van der Waals surface area contributed by atoms with Gasteiger partial charge >= 0.3 is 0 Å². The largest absolute Gasteiger partial charge is 0.297 e. The maximum Gasteiger partial charge on any atom is 0.278 e. The van der Waals surface area contributed by atoms with Gasteiger partial charge in [0.05, 0.1) is 0 Å². The van der Waals surface area contributed by atoms with Crippen molar-refractivity contribution in [3.63, 3.8) is 0 Å². The van der Waals surface area contributed by atoms with Gasteiger partial charge in [0.15, 0.2) is 5.78 Å². The van der Waals surface area contributed by atoms with Crippen molar-refractivity contribution in [2.45, 2.75) is 32.0 Å². The highest BCUT2D eigenvalue weighted by atomic mass is 16.7. The Morgan fingerprint density at radius 2 is 1.47 bits per heavy atom. The second-order valence-electron chi connectivity index (χ2n) is 8.06. The minimum atomic E-state index is -0.655. The number of benzene rings is 3. The summed E-state index contributed by atoms with van der Waals surface area (Å²) in [5, 5.41) is 1.31. The molecule has 1 heterocycles. The normalized spacial score (nSPS) is 17.0. The first-order valence-corrected chi connectivity index (χ1v) is 11.0. The molecule has 3 aromatic rings. The van der Waals surface area contributed by atoms with Crippen molar-refractivity contribution in [1.29, 1.82) is 0 Å². The van der Waals surface area contributed by atoms with Crippen LogP contribution in [0.5, 0.6) is 0 Å². The number of hydroxylamine groups is 2. The fourth-order valence-corrected chi connectivity index (χ4v) is 3.99. The summed E-state index contributed by atoms with van der Waals surface area (Å²) >= 11 is 0. The van der Waals surface area contributed by atoms with Gasteiger partial charge in [-0.25, -0.2) is 5.06 Å². The lowest BCUT2D eigenvalue weighted by molar-refractivity contribution is -0.170. The summed E-state index contributed by atoms with van der Waals surface area (Å²) in [5.74, 6) is -0.251. The molecular weight excluding hydrogens is 400 g/mol. The molecule has 0 aromatic heterocycles. The lowest BCUT2D eigenvalue weighted by atomic mass is 10.1. The van der Waals surface area contributed by atoms with Gasteiger partial charge in [0, 0.05) is 25.1 Å². The van der Waals surface area contributed by atoms with Crippen LogP contribution in [0, 0.1) is 0 Å². The van der Waals surface area contributed by atoms with Crippen LogP contribution >= 0.6 is 0 Å². The summed E-state index contributed by atoms with van der Waals surface area (Å²) in [4.78, 5) is 34.8. The molecule has 1 atom stereocenters. The van der Waals surface area contributed by atoms with Crippen molar-refractivity contribution >= 4 is 11.7 Å². The second-order valence-corrected chi connectivity index (χ2v) is 8.06. The van der Waals surface area contributed by atoms with E-state index < -0.39 is 6.04 Å². The van der Waals surface area contributed by atoms with Crippen LogP contribution in [0.2, 0.25) is 0 Å². The van der Waals surface area contributed by atoms with E-state index in [0.29, 0.717) is 18.5 Å². The SMILES string of the molecule is O=C1CCCN(Cc2ccccc2)CC1N(OCc1ccccc1)C(=O)c1ccccc1. The molecule has 164 valence electrons. The van der Waals surface area contributed by atoms with Crippen LogP contribution in [-0.2, 0) is 22.8 Å². The maximum atomic E-state index is 13.4. The monoisotopic (exact) mass is 428 g/mol. The van der Waals surface area contributed by atoms with Crippen molar-refractivity contribution in [2.24, 2.45) is 0 Å². The van der Waals surface area contributed by atoms with Gasteiger partial charge in [-0.2, -0.15) is 0 Å². The summed E-state index contributed by atoms with van der Waals surface area (Å²) in [6.45, 7) is 2.21. The van der Waals surface area contributed by atoms with E-state index in [2.05, 4.69) is 17.0 Å². The van der Waals surface area contributed by atoms with Crippen LogP contribution in [0.4, 0.5) is 0 Å². The average molecular weight is 429 g/mol. The molecule has 1 unspecified atom stereocenters. The van der Waals surface area contributed by atoms with Crippen molar-refractivity contribution in [1.82, 2.24) is 9.96 Å². The number of likely N-dealkylation sites (tertiary alicyclic amines) is 1. The number of hydrogen-bond acceptors (Lipinski definition) is 4. The van der Waals surface area contributed by atoms with Crippen LogP contribution in [0.15, 0.2) is 91.0 Å². The minimum Gasteiger partial charge on any atom is -0.297 e. The molecule has 4 rings (SSSR count). The molecule has 1 amide bonds. The van der Waals surface area contributed by atoms with Gasteiger partial charge in [-0.3, -0.25) is 19.3 Å². The number of carbonyl (C=O) groups is 2. The van der Waals surface area contributed by atoms with Gasteiger partial charge in [0.25, 0.3) is 5.91 Å². The minimum absolute atomic E-state index is 0.0397. The number of ketones is 1. The van der Waals surface area contributed by atoms with E-state index in [1.54, 1.807) is 12.1 Å². The Balaban J connectivity index is 1.57. The highest BCUT2D eigenvalue weighted by Crippen LogP contribution is 2.20. The predicted molar refractivity (Wildman–Crippen MR) is 124 cm³/mol. The highest BCUT2D eigenvalue weighted by molar-refractivity contribution is 5.97. The van der Waals surface area contributed by atoms with Crippen molar-refractivity contribution < 1.29 is 14.4 Å². The van der Waals surface area contributed by atoms with Crippen LogP contribution in [-0.4, -0.2) is 40.8 Å². The molecule has 5 nitrogen and oxygen atoms in total. The Kier molecular flexibility index (Phi) is 7.43. The molecule has 0 aliphatic carbocycles. The van der Waals surface area contributed by atoms with E-state index >= 15 is 0 Å². The van der Waals surface area contributed by atoms with Gasteiger partial charge in [0.2, 0.25) is 0 Å². The first-order chi connectivity index (χ1) is 15.7. The first-order valence-electron chi connectivity index (χ1n) is 11.0. The predicted octanol–water partition coefficient (Wildman–Crippen LogP) is 4.49. The first kappa shape index (κ1) is 21.9. The fraction of sp³-hybridized carbons (Fsp3) is 0.259. The summed E-state index contributed by atoms with van der Waals surface area (Å²) in [5.41, 5.74) is 2.64. The van der Waals surface area contributed by atoms with Crippen LogP contribution in [0.3, 0.4) is 0 Å². The summed E-state index contributed by atoms with van der Waals surface area (Å²) < 4.78 is 0. The van der Waals surface area contributed by atoms with Gasteiger partial charge in [-0.05, 0) is 36.2 Å². The van der Waals surface area contributed by atoms with Crippen LogP contribution < -0.4 is 0 Å². The topological polar surface area (TPSA) is 49.9 Å². The Morgan fingerprint density at radius 3 is 2.12 bits per heavy atom. The molecule has 0 spiro atoms. The lowest BCUT2D eigenvalue weighted by Gasteiger charge is -2.32. The molecule has 1 saturated heterocycles. The Labute approximate surface area is 189 Å². The highest BCUT2D eigenvalue weighted by Gasteiger charge is 2.35. The average Bonchev–Trinajstić information content (AvgIpc) is 3.02. The van der Waals surface area contributed by atoms with Crippen LogP contribution in [0.25, 0.3) is 0 Å². The van der Waals surface area contributed by atoms with E-state index in [1.165, 1.54) is 10.6 Å². The Morgan fingerprint density at radius 1 is 0.875 bits per heavy atom. The lowest BCUT2D eigenvalue weighted by Crippen LogP contribution is -2.49. The molecule has 5 heteroatoms. The number of amides is 1. The van der Waals surface area contributed by atoms with Crippen LogP contribution in [0.1, 0.15) is 34.3 Å². The molecule has 3 aromatic carbocycles. The number of rotatable bonds is 7. The molecule has 1 aliphatic rings. The van der Waals surface area contributed by atoms with Gasteiger partial charge < -0.3 is 0 Å². The molecule has 0 N–H and O–H groups in total. The quantitative estimate of drug-likeness (QED) is 0.520. The molecule has 32 heavy (non-hydrogen) atoms. The maximum absolute atomic E-state index is 13.4. The third kappa shape index (κ3) is 5.69. The van der Waals surface area contributed by atoms with Gasteiger partial charge in [-0.1, -0.05) is 78.9 Å². The van der Waals surface area contributed by atoms with E-state index in [9.17, 15) is 9.59 Å². The zero-order chi connectivity index (χ0) is 22.2. The number of hydrogen-bond donors (Lipinski definition) is 0. The number of Topliss-reactive ketones (excluding diaryl/α,β-unsaturated/α-hetero) is 1. The molecule has 0 radical (unpaired) electrons. The van der Waals surface area contributed by atoms with E-state index in [4.69, 9.17) is 4.84 Å². The molecular formula is C27H28N2O3. The van der Waals surface area contributed by atoms with Crippen molar-refractivity contribution in [2.75, 3.05) is 13.1 Å². The zero-order valence-corrected chi connectivity index (χ0v) is 18.1. The number of nitrogens with zero attached hydrogens (tertiary/aromatic N) is 2. The van der Waals surface area contributed by atoms with E-state index in [-0.39, 0.29) is 18.3 Å². The second kappa shape index (κ2) is 10.8. The van der Waals surface area contributed by atoms with Gasteiger partial charge in [0.1, 0.15) is 12.6 Å². The summed E-state index contributed by atoms with van der Waals surface area (Å²) in [6, 6.07) is 28.2. The molecule has 1 aliphatic heterocycles. The third-order valence-corrected chi connectivity index (χ3v) is 5.67. The third-order valence-electron chi connectivity index (χ3n) is 5.67. The van der Waals surface area contributed by atoms with Crippen molar-refractivity contribution in [3.8, 4) is 0 Å². The number of carbonyl (C=O) groups excluding carboxylic acids is 2. The van der Waals surface area contributed by atoms with Crippen molar-refractivity contribution in [3.05, 3.63) is 108 Å². The zero-order valence-electron chi connectivity index (χ0n) is 18.1. The standard InChI is InChI=1S/C27H28N2O3/c30-26-17-10-18-28(19-22-11-4-1-5-12-22)20-25(26)29(27(31)24-15-8-3-9-16-24)32-21-23-13-6-2-7-14-23/h1-9,11-16,25H,10,17-21H2. The summed E-state index contributed by atoms with van der Waals surface area (Å²) in [7, 11) is 0. The Bertz CT molecular complexity index is 1010. The van der Waals surface area contributed by atoms with E-state index in [0.717, 1.165) is 25.1 Å². The summed E-state index contributed by atoms with van der Waals surface area (Å²) in [6.07, 6.45) is 1.21. The smallest absolute Gasteiger partial charge is 0.278 e. The molecule has 1 fully saturated rings. The Hall–Kier alpha value is -3.28. The molecule has 0 bridgehead atoms. The molecule has 0 saturated carbocycles. The van der Waals surface area contributed by atoms with Gasteiger partial charge in [-0.15, -0.1) is 0 Å². The fourth-order valence-electron chi connectivity index (χ4n) is 3.99. The van der Waals surface area contributed by atoms with E-state index in [1.807, 2.05) is 66.7 Å².